The van der Waals surface area contributed by atoms with E-state index in [9.17, 15) is 14.9 Å². The fourth-order valence-corrected chi connectivity index (χ4v) is 6.88. The lowest BCUT2D eigenvalue weighted by molar-refractivity contribution is -0.119. The first-order chi connectivity index (χ1) is 15.6. The van der Waals surface area contributed by atoms with E-state index in [0.717, 1.165) is 60.0 Å². The van der Waals surface area contributed by atoms with E-state index in [1.165, 1.54) is 16.6 Å². The molecule has 1 saturated carbocycles. The van der Waals surface area contributed by atoms with Crippen molar-refractivity contribution in [2.75, 3.05) is 5.75 Å². The standard InChI is InChI=1S/C24H24N4O2S2/c25-15-24(12-6-7-13-24)27-19(29)14-31-23-26-21-20(17-10-4-5-11-18(17)32-21)22(30)28(23)16-8-2-1-3-9-16/h1-3,8-9H,4-7,10-14H2,(H,27,29). The Kier molecular flexibility index (Phi) is 5.78. The van der Waals surface area contributed by atoms with E-state index in [2.05, 4.69) is 11.4 Å². The summed E-state index contributed by atoms with van der Waals surface area (Å²) in [4.78, 5) is 33.3. The van der Waals surface area contributed by atoms with Gasteiger partial charge in [-0.2, -0.15) is 5.26 Å². The van der Waals surface area contributed by atoms with Crippen molar-refractivity contribution in [3.8, 4) is 11.8 Å². The van der Waals surface area contributed by atoms with Crippen molar-refractivity contribution in [2.45, 2.75) is 62.1 Å². The Balaban J connectivity index is 1.51. The maximum Gasteiger partial charge on any atom is 0.267 e. The molecule has 1 aromatic carbocycles. The van der Waals surface area contributed by atoms with Gasteiger partial charge in [0.15, 0.2) is 5.16 Å². The molecule has 164 valence electrons. The highest BCUT2D eigenvalue weighted by Crippen LogP contribution is 2.35. The predicted octanol–water partition coefficient (Wildman–Crippen LogP) is 4.37. The van der Waals surface area contributed by atoms with E-state index < -0.39 is 5.54 Å². The third-order valence-corrected chi connectivity index (χ3v) is 8.48. The van der Waals surface area contributed by atoms with Gasteiger partial charge in [0.1, 0.15) is 10.4 Å². The fraction of sp³-hybridized carbons (Fsp3) is 0.417. The van der Waals surface area contributed by atoms with Gasteiger partial charge in [-0.05, 0) is 69.1 Å². The van der Waals surface area contributed by atoms with Crippen molar-refractivity contribution in [3.63, 3.8) is 0 Å². The zero-order valence-corrected chi connectivity index (χ0v) is 19.4. The lowest BCUT2D eigenvalue weighted by atomic mass is 9.97. The molecule has 0 radical (unpaired) electrons. The third-order valence-electron chi connectivity index (χ3n) is 6.35. The van der Waals surface area contributed by atoms with E-state index in [0.29, 0.717) is 18.0 Å². The van der Waals surface area contributed by atoms with Crippen LogP contribution < -0.4 is 10.9 Å². The molecule has 8 heteroatoms. The topological polar surface area (TPSA) is 87.8 Å². The van der Waals surface area contributed by atoms with Crippen LogP contribution in [-0.4, -0.2) is 26.8 Å². The van der Waals surface area contributed by atoms with Gasteiger partial charge in [-0.25, -0.2) is 4.98 Å². The highest BCUT2D eigenvalue weighted by Gasteiger charge is 2.35. The highest BCUT2D eigenvalue weighted by molar-refractivity contribution is 7.99. The number of benzene rings is 1. The van der Waals surface area contributed by atoms with Gasteiger partial charge in [0.05, 0.1) is 22.9 Å². The number of amides is 1. The van der Waals surface area contributed by atoms with Crippen molar-refractivity contribution >= 4 is 39.2 Å². The number of fused-ring (bicyclic) bond motifs is 3. The van der Waals surface area contributed by atoms with Gasteiger partial charge < -0.3 is 5.32 Å². The van der Waals surface area contributed by atoms with Crippen LogP contribution in [0.1, 0.15) is 49.0 Å². The Labute approximate surface area is 194 Å². The molecule has 0 atom stereocenters. The first-order valence-corrected chi connectivity index (χ1v) is 12.9. The normalized spacial score (nSPS) is 17.1. The maximum atomic E-state index is 13.7. The molecule has 32 heavy (non-hydrogen) atoms. The summed E-state index contributed by atoms with van der Waals surface area (Å²) in [5.74, 6) is -0.0860. The monoisotopic (exact) mass is 464 g/mol. The number of thioether (sulfide) groups is 1. The van der Waals surface area contributed by atoms with Crippen LogP contribution in [0.2, 0.25) is 0 Å². The Morgan fingerprint density at radius 3 is 2.69 bits per heavy atom. The third kappa shape index (κ3) is 3.84. The number of carbonyl (C=O) groups is 1. The van der Waals surface area contributed by atoms with E-state index in [4.69, 9.17) is 4.98 Å². The lowest BCUT2D eigenvalue weighted by Gasteiger charge is -2.22. The molecule has 6 nitrogen and oxygen atoms in total. The largest absolute Gasteiger partial charge is 0.337 e. The number of nitrogens with zero attached hydrogens (tertiary/aromatic N) is 3. The molecule has 3 aromatic rings. The summed E-state index contributed by atoms with van der Waals surface area (Å²) < 4.78 is 1.64. The molecule has 2 aliphatic rings. The maximum absolute atomic E-state index is 13.7. The second kappa shape index (κ2) is 8.72. The van der Waals surface area contributed by atoms with Crippen LogP contribution in [0.4, 0.5) is 0 Å². The summed E-state index contributed by atoms with van der Waals surface area (Å²) in [6.07, 6.45) is 7.47. The van der Waals surface area contributed by atoms with Gasteiger partial charge in [0, 0.05) is 4.88 Å². The van der Waals surface area contributed by atoms with Gasteiger partial charge in [-0.15, -0.1) is 11.3 Å². The van der Waals surface area contributed by atoms with Gasteiger partial charge in [0.25, 0.3) is 5.56 Å². The number of para-hydroxylation sites is 1. The number of hydrogen-bond donors (Lipinski definition) is 1. The summed E-state index contributed by atoms with van der Waals surface area (Å²) in [6, 6.07) is 11.8. The van der Waals surface area contributed by atoms with Gasteiger partial charge >= 0.3 is 0 Å². The van der Waals surface area contributed by atoms with Crippen LogP contribution in [0.5, 0.6) is 0 Å². The molecule has 1 N–H and O–H groups in total. The van der Waals surface area contributed by atoms with Gasteiger partial charge in [-0.3, -0.25) is 14.2 Å². The first kappa shape index (κ1) is 21.2. The number of carbonyl (C=O) groups excluding carboxylic acids is 1. The van der Waals surface area contributed by atoms with Crippen LogP contribution in [0, 0.1) is 11.3 Å². The molecule has 0 bridgehead atoms. The smallest absolute Gasteiger partial charge is 0.267 e. The first-order valence-electron chi connectivity index (χ1n) is 11.1. The second-order valence-corrected chi connectivity index (χ2v) is 10.5. The van der Waals surface area contributed by atoms with E-state index in [-0.39, 0.29) is 17.2 Å². The highest BCUT2D eigenvalue weighted by atomic mass is 32.2. The molecule has 2 aromatic heterocycles. The van der Waals surface area contributed by atoms with E-state index in [1.807, 2.05) is 30.3 Å². The molecule has 0 unspecified atom stereocenters. The van der Waals surface area contributed by atoms with Crippen molar-refractivity contribution in [2.24, 2.45) is 0 Å². The summed E-state index contributed by atoms with van der Waals surface area (Å²) >= 11 is 2.87. The average Bonchev–Trinajstić information content (AvgIpc) is 3.43. The second-order valence-electron chi connectivity index (χ2n) is 8.50. The van der Waals surface area contributed by atoms with E-state index >= 15 is 0 Å². The number of thiophene rings is 1. The molecule has 1 amide bonds. The molecule has 2 aliphatic carbocycles. The molecule has 2 heterocycles. The van der Waals surface area contributed by atoms with Crippen LogP contribution in [0.3, 0.4) is 0 Å². The predicted molar refractivity (Wildman–Crippen MR) is 128 cm³/mol. The molecule has 5 rings (SSSR count). The Morgan fingerprint density at radius 2 is 1.94 bits per heavy atom. The minimum absolute atomic E-state index is 0.0622. The molecular formula is C24H24N4O2S2. The number of aryl methyl sites for hydroxylation is 2. The molecule has 0 spiro atoms. The summed E-state index contributed by atoms with van der Waals surface area (Å²) in [5.41, 5.74) is 1.09. The number of hydrogen-bond acceptors (Lipinski definition) is 6. The number of aromatic nitrogens is 2. The van der Waals surface area contributed by atoms with E-state index in [1.54, 1.807) is 15.9 Å². The quantitative estimate of drug-likeness (QED) is 0.447. The average molecular weight is 465 g/mol. The summed E-state index contributed by atoms with van der Waals surface area (Å²) in [5, 5.41) is 13.7. The Morgan fingerprint density at radius 1 is 1.19 bits per heavy atom. The molecule has 0 saturated heterocycles. The Bertz CT molecular complexity index is 1270. The minimum Gasteiger partial charge on any atom is -0.337 e. The van der Waals surface area contributed by atoms with Crippen LogP contribution in [0.15, 0.2) is 40.3 Å². The molecule has 1 fully saturated rings. The minimum atomic E-state index is -0.749. The summed E-state index contributed by atoms with van der Waals surface area (Å²) in [6.45, 7) is 0. The molecular weight excluding hydrogens is 440 g/mol. The van der Waals surface area contributed by atoms with Crippen LogP contribution in [0.25, 0.3) is 15.9 Å². The number of nitriles is 1. The number of nitrogens with one attached hydrogen (secondary N) is 1. The van der Waals surface area contributed by atoms with Crippen molar-refractivity contribution in [3.05, 3.63) is 51.1 Å². The van der Waals surface area contributed by atoms with Crippen LogP contribution >= 0.6 is 23.1 Å². The Hall–Kier alpha value is -2.63. The zero-order valence-electron chi connectivity index (χ0n) is 17.7. The fourth-order valence-electron chi connectivity index (χ4n) is 4.76. The van der Waals surface area contributed by atoms with Gasteiger partial charge in [0.2, 0.25) is 5.91 Å². The van der Waals surface area contributed by atoms with Crippen LogP contribution in [-0.2, 0) is 17.6 Å². The van der Waals surface area contributed by atoms with Crippen molar-refractivity contribution < 1.29 is 4.79 Å². The lowest BCUT2D eigenvalue weighted by Crippen LogP contribution is -2.45. The number of rotatable bonds is 5. The van der Waals surface area contributed by atoms with Gasteiger partial charge in [-0.1, -0.05) is 30.0 Å². The zero-order chi connectivity index (χ0) is 22.1. The summed E-state index contributed by atoms with van der Waals surface area (Å²) in [7, 11) is 0. The van der Waals surface area contributed by atoms with Crippen molar-refractivity contribution in [1.29, 1.82) is 5.26 Å². The van der Waals surface area contributed by atoms with Crippen molar-refractivity contribution in [1.82, 2.24) is 14.9 Å². The molecule has 0 aliphatic heterocycles. The SMILES string of the molecule is N#CC1(NC(=O)CSc2nc3sc4c(c3c(=O)n2-c2ccccc2)CCCC4)CCCC1.